The van der Waals surface area contributed by atoms with Gasteiger partial charge in [0.25, 0.3) is 5.91 Å². The normalized spacial score (nSPS) is 16.1. The summed E-state index contributed by atoms with van der Waals surface area (Å²) in [5, 5.41) is 2.75. The third kappa shape index (κ3) is 4.39. The van der Waals surface area contributed by atoms with Gasteiger partial charge in [0.15, 0.2) is 6.10 Å². The molecule has 7 nitrogen and oxygen atoms in total. The molecule has 1 aliphatic heterocycles. The highest BCUT2D eigenvalue weighted by atomic mass is 32.2. The highest BCUT2D eigenvalue weighted by molar-refractivity contribution is 7.92. The molecule has 1 unspecified atom stereocenters. The van der Waals surface area contributed by atoms with Crippen molar-refractivity contribution < 1.29 is 22.7 Å². The Kier molecular flexibility index (Phi) is 6.08. The molecule has 0 bridgehead atoms. The molecule has 1 aliphatic rings. The minimum atomic E-state index is -3.52. The maximum atomic E-state index is 12.5. The van der Waals surface area contributed by atoms with Crippen LogP contribution >= 0.6 is 0 Å². The molecule has 0 aromatic heterocycles. The lowest BCUT2D eigenvalue weighted by Crippen LogP contribution is -2.51. The van der Waals surface area contributed by atoms with E-state index in [2.05, 4.69) is 5.32 Å². The first-order valence-corrected chi connectivity index (χ1v) is 10.8. The van der Waals surface area contributed by atoms with E-state index in [1.54, 1.807) is 31.2 Å². The van der Waals surface area contributed by atoms with E-state index in [9.17, 15) is 13.2 Å². The summed E-state index contributed by atoms with van der Waals surface area (Å²) in [4.78, 5) is 12.5. The first kappa shape index (κ1) is 20.0. The number of nitrogens with one attached hydrogen (secondary N) is 1. The molecule has 2 aromatic carbocycles. The molecule has 1 N–H and O–H groups in total. The van der Waals surface area contributed by atoms with Crippen LogP contribution in [0, 0.1) is 6.92 Å². The Morgan fingerprint density at radius 1 is 1.21 bits per heavy atom. The van der Waals surface area contributed by atoms with Gasteiger partial charge in [-0.05, 0) is 37.6 Å². The standard InChI is InChI=1S/C20H24N2O5S/c1-3-28(24,25)22-14-19(27-18-11-7-5-9-16(18)22)20(23)21-12-13-26-17-10-6-4-8-15(17)2/h4-11,19H,3,12-14H2,1-2H3,(H,21,23). The molecule has 0 fully saturated rings. The number of anilines is 1. The van der Waals surface area contributed by atoms with Crippen LogP contribution in [0.3, 0.4) is 0 Å². The zero-order chi connectivity index (χ0) is 20.1. The van der Waals surface area contributed by atoms with Crippen molar-refractivity contribution >= 4 is 21.6 Å². The second-order valence-electron chi connectivity index (χ2n) is 6.41. The average molecular weight is 404 g/mol. The summed E-state index contributed by atoms with van der Waals surface area (Å²) >= 11 is 0. The second kappa shape index (κ2) is 8.52. The van der Waals surface area contributed by atoms with Gasteiger partial charge in [-0.1, -0.05) is 30.3 Å². The average Bonchev–Trinajstić information content (AvgIpc) is 2.71. The maximum absolute atomic E-state index is 12.5. The second-order valence-corrected chi connectivity index (χ2v) is 8.59. The van der Waals surface area contributed by atoms with E-state index in [0.29, 0.717) is 18.0 Å². The van der Waals surface area contributed by atoms with Crippen LogP contribution in [0.5, 0.6) is 11.5 Å². The number of para-hydroxylation sites is 3. The van der Waals surface area contributed by atoms with Gasteiger partial charge in [-0.25, -0.2) is 8.42 Å². The van der Waals surface area contributed by atoms with Crippen LogP contribution < -0.4 is 19.1 Å². The molecule has 150 valence electrons. The van der Waals surface area contributed by atoms with Crippen molar-refractivity contribution in [1.82, 2.24) is 5.32 Å². The van der Waals surface area contributed by atoms with Gasteiger partial charge in [-0.15, -0.1) is 0 Å². The quantitative estimate of drug-likeness (QED) is 0.715. The third-order valence-electron chi connectivity index (χ3n) is 4.48. The monoisotopic (exact) mass is 404 g/mol. The number of benzene rings is 2. The number of aryl methyl sites for hydroxylation is 1. The van der Waals surface area contributed by atoms with Gasteiger partial charge in [0, 0.05) is 0 Å². The van der Waals surface area contributed by atoms with E-state index in [1.165, 1.54) is 4.31 Å². The van der Waals surface area contributed by atoms with Crippen LogP contribution in [-0.4, -0.2) is 45.9 Å². The van der Waals surface area contributed by atoms with Gasteiger partial charge in [0.1, 0.15) is 18.1 Å². The predicted molar refractivity (Wildman–Crippen MR) is 107 cm³/mol. The van der Waals surface area contributed by atoms with Crippen LogP contribution in [0.25, 0.3) is 0 Å². The van der Waals surface area contributed by atoms with Gasteiger partial charge in [-0.3, -0.25) is 9.10 Å². The first-order valence-electron chi connectivity index (χ1n) is 9.14. The van der Waals surface area contributed by atoms with Crippen molar-refractivity contribution in [2.75, 3.05) is 29.8 Å². The summed E-state index contributed by atoms with van der Waals surface area (Å²) in [6.07, 6.45) is -0.922. The Morgan fingerprint density at radius 3 is 2.68 bits per heavy atom. The van der Waals surface area contributed by atoms with Crippen LogP contribution in [0.15, 0.2) is 48.5 Å². The Hall–Kier alpha value is -2.74. The third-order valence-corrected chi connectivity index (χ3v) is 6.23. The molecule has 0 saturated carbocycles. The molecule has 3 rings (SSSR count). The van der Waals surface area contributed by atoms with Crippen molar-refractivity contribution in [3.63, 3.8) is 0 Å². The number of carbonyl (C=O) groups is 1. The molecule has 8 heteroatoms. The zero-order valence-corrected chi connectivity index (χ0v) is 16.7. The van der Waals surface area contributed by atoms with Gasteiger partial charge in [0.2, 0.25) is 10.0 Å². The lowest BCUT2D eigenvalue weighted by atomic mass is 10.2. The Labute approximate surface area is 165 Å². The fourth-order valence-electron chi connectivity index (χ4n) is 2.93. The molecule has 1 heterocycles. The van der Waals surface area contributed by atoms with E-state index in [1.807, 2.05) is 31.2 Å². The number of amides is 1. The summed E-state index contributed by atoms with van der Waals surface area (Å²) in [6.45, 7) is 4.05. The number of hydrogen-bond acceptors (Lipinski definition) is 5. The van der Waals surface area contributed by atoms with E-state index in [-0.39, 0.29) is 24.7 Å². The van der Waals surface area contributed by atoms with E-state index in [0.717, 1.165) is 11.3 Å². The van der Waals surface area contributed by atoms with Crippen molar-refractivity contribution in [2.45, 2.75) is 20.0 Å². The van der Waals surface area contributed by atoms with Gasteiger partial charge in [-0.2, -0.15) is 0 Å². The maximum Gasteiger partial charge on any atom is 0.263 e. The Balaban J connectivity index is 1.62. The fourth-order valence-corrected chi connectivity index (χ4v) is 4.05. The highest BCUT2D eigenvalue weighted by Gasteiger charge is 2.35. The molecule has 0 aliphatic carbocycles. The molecular formula is C20H24N2O5S. The summed E-state index contributed by atoms with van der Waals surface area (Å²) in [5.41, 5.74) is 1.47. The summed E-state index contributed by atoms with van der Waals surface area (Å²) in [5.74, 6) is 0.709. The van der Waals surface area contributed by atoms with Crippen molar-refractivity contribution in [3.8, 4) is 11.5 Å². The Morgan fingerprint density at radius 2 is 1.93 bits per heavy atom. The SMILES string of the molecule is CCS(=O)(=O)N1CC(C(=O)NCCOc2ccccc2C)Oc2ccccc21. The van der Waals surface area contributed by atoms with Crippen LogP contribution in [0.4, 0.5) is 5.69 Å². The number of ether oxygens (including phenoxy) is 2. The number of carbonyl (C=O) groups excluding carboxylic acids is 1. The van der Waals surface area contributed by atoms with E-state index >= 15 is 0 Å². The summed E-state index contributed by atoms with van der Waals surface area (Å²) < 4.78 is 37.6. The van der Waals surface area contributed by atoms with Gasteiger partial charge in [0.05, 0.1) is 24.5 Å². The van der Waals surface area contributed by atoms with Crippen LogP contribution in [0.2, 0.25) is 0 Å². The van der Waals surface area contributed by atoms with Crippen molar-refractivity contribution in [2.24, 2.45) is 0 Å². The number of sulfonamides is 1. The molecule has 1 atom stereocenters. The van der Waals surface area contributed by atoms with E-state index < -0.39 is 16.1 Å². The number of rotatable bonds is 7. The molecular weight excluding hydrogens is 380 g/mol. The van der Waals surface area contributed by atoms with Crippen LogP contribution in [-0.2, 0) is 14.8 Å². The fraction of sp³-hybridized carbons (Fsp3) is 0.350. The molecule has 0 spiro atoms. The molecule has 0 radical (unpaired) electrons. The summed E-state index contributed by atoms with van der Waals surface area (Å²) in [7, 11) is -3.52. The summed E-state index contributed by atoms with van der Waals surface area (Å²) in [6, 6.07) is 14.4. The van der Waals surface area contributed by atoms with Crippen molar-refractivity contribution in [3.05, 3.63) is 54.1 Å². The first-order chi connectivity index (χ1) is 13.4. The lowest BCUT2D eigenvalue weighted by Gasteiger charge is -2.34. The minimum Gasteiger partial charge on any atom is -0.491 e. The molecule has 28 heavy (non-hydrogen) atoms. The lowest BCUT2D eigenvalue weighted by molar-refractivity contribution is -0.127. The van der Waals surface area contributed by atoms with Gasteiger partial charge >= 0.3 is 0 Å². The smallest absolute Gasteiger partial charge is 0.263 e. The molecule has 2 aromatic rings. The topological polar surface area (TPSA) is 84.9 Å². The number of nitrogens with zero attached hydrogens (tertiary/aromatic N) is 1. The van der Waals surface area contributed by atoms with Gasteiger partial charge < -0.3 is 14.8 Å². The predicted octanol–water partition coefficient (Wildman–Crippen LogP) is 2.11. The van der Waals surface area contributed by atoms with Crippen LogP contribution in [0.1, 0.15) is 12.5 Å². The zero-order valence-electron chi connectivity index (χ0n) is 15.9. The largest absolute Gasteiger partial charge is 0.491 e. The highest BCUT2D eigenvalue weighted by Crippen LogP contribution is 2.35. The minimum absolute atomic E-state index is 0.0556. The molecule has 1 amide bonds. The number of hydrogen-bond donors (Lipinski definition) is 1. The van der Waals surface area contributed by atoms with E-state index in [4.69, 9.17) is 9.47 Å². The number of fused-ring (bicyclic) bond motifs is 1. The Bertz CT molecular complexity index is 945. The molecule has 0 saturated heterocycles. The van der Waals surface area contributed by atoms with Crippen molar-refractivity contribution in [1.29, 1.82) is 0 Å².